The maximum Gasteiger partial charge on any atom is 0.254 e. The number of likely N-dealkylation sites (tertiary alicyclic amines) is 1. The Hall–Kier alpha value is -3.38. The lowest BCUT2D eigenvalue weighted by atomic mass is 9.94. The molecule has 1 aromatic heterocycles. The van der Waals surface area contributed by atoms with Crippen molar-refractivity contribution in [1.29, 1.82) is 0 Å². The summed E-state index contributed by atoms with van der Waals surface area (Å²) in [5.74, 6) is 2.10. The third-order valence-electron chi connectivity index (χ3n) is 6.40. The van der Waals surface area contributed by atoms with Gasteiger partial charge in [0, 0.05) is 37.4 Å². The normalized spacial score (nSPS) is 15.9. The van der Waals surface area contributed by atoms with E-state index >= 15 is 0 Å². The number of aromatic nitrogens is 3. The van der Waals surface area contributed by atoms with Crippen LogP contribution in [0.15, 0.2) is 90.1 Å². The number of piperidine rings is 1. The monoisotopic (exact) mass is 468 g/mol. The smallest absolute Gasteiger partial charge is 0.254 e. The quantitative estimate of drug-likeness (QED) is 0.336. The van der Waals surface area contributed by atoms with Crippen LogP contribution in [0.5, 0.6) is 0 Å². The molecule has 1 atom stereocenters. The molecule has 1 aliphatic rings. The lowest BCUT2D eigenvalue weighted by Gasteiger charge is -2.32. The Labute approximate surface area is 204 Å². The minimum Gasteiger partial charge on any atom is -0.338 e. The molecule has 1 saturated heterocycles. The van der Waals surface area contributed by atoms with E-state index in [1.807, 2.05) is 60.5 Å². The topological polar surface area (TPSA) is 51.0 Å². The molecule has 1 aliphatic heterocycles. The Morgan fingerprint density at radius 2 is 1.65 bits per heavy atom. The third-order valence-corrected chi connectivity index (χ3v) is 7.49. The van der Waals surface area contributed by atoms with Gasteiger partial charge in [-0.3, -0.25) is 4.79 Å². The van der Waals surface area contributed by atoms with Gasteiger partial charge in [-0.15, -0.1) is 10.2 Å². The second kappa shape index (κ2) is 10.3. The molecular formula is C28H28N4OS. The number of hydrogen-bond donors (Lipinski definition) is 0. The second-order valence-corrected chi connectivity index (χ2v) is 9.62. The molecule has 0 N–H and O–H groups in total. The molecule has 0 spiro atoms. The standard InChI is InChI=1S/C28H28N4OS/c1-31-26(29-30-28(31)34-20-21-11-4-2-5-12-21)23-15-10-18-32(19-23)27(33)25-17-9-8-16-24(25)22-13-6-3-7-14-22/h2-9,11-14,16-17,23H,10,15,18-20H2,1H3/t23-/m1/s1. The highest BCUT2D eigenvalue weighted by molar-refractivity contribution is 7.98. The SMILES string of the molecule is Cn1c(SCc2ccccc2)nnc1[C@@H]1CCCN(C(=O)c2ccccc2-c2ccccc2)C1. The highest BCUT2D eigenvalue weighted by atomic mass is 32.2. The van der Waals surface area contributed by atoms with E-state index in [1.54, 1.807) is 11.8 Å². The van der Waals surface area contributed by atoms with Crippen LogP contribution in [-0.4, -0.2) is 38.7 Å². The fourth-order valence-corrected chi connectivity index (χ4v) is 5.49. The summed E-state index contributed by atoms with van der Waals surface area (Å²) < 4.78 is 2.10. The van der Waals surface area contributed by atoms with Crippen LogP contribution in [0.2, 0.25) is 0 Å². The molecule has 1 fully saturated rings. The van der Waals surface area contributed by atoms with Crippen LogP contribution in [0.4, 0.5) is 0 Å². The molecule has 4 aromatic rings. The number of amides is 1. The van der Waals surface area contributed by atoms with Crippen molar-refractivity contribution in [3.05, 3.63) is 102 Å². The van der Waals surface area contributed by atoms with Crippen LogP contribution >= 0.6 is 11.8 Å². The van der Waals surface area contributed by atoms with Gasteiger partial charge in [0.1, 0.15) is 5.82 Å². The average molecular weight is 469 g/mol. The van der Waals surface area contributed by atoms with E-state index in [1.165, 1.54) is 5.56 Å². The van der Waals surface area contributed by atoms with Crippen molar-refractivity contribution in [3.8, 4) is 11.1 Å². The maximum absolute atomic E-state index is 13.6. The molecule has 0 unspecified atom stereocenters. The van der Waals surface area contributed by atoms with E-state index in [0.29, 0.717) is 6.54 Å². The van der Waals surface area contributed by atoms with Crippen LogP contribution in [0.25, 0.3) is 11.1 Å². The summed E-state index contributed by atoms with van der Waals surface area (Å²) in [4.78, 5) is 15.6. The number of nitrogens with zero attached hydrogens (tertiary/aromatic N) is 4. The molecule has 2 heterocycles. The van der Waals surface area contributed by atoms with Gasteiger partial charge < -0.3 is 9.47 Å². The Bertz CT molecular complexity index is 1260. The van der Waals surface area contributed by atoms with Crippen LogP contribution in [0.3, 0.4) is 0 Å². The minimum absolute atomic E-state index is 0.0880. The molecule has 1 amide bonds. The summed E-state index contributed by atoms with van der Waals surface area (Å²) >= 11 is 1.70. The van der Waals surface area contributed by atoms with Crippen molar-refractivity contribution < 1.29 is 4.79 Å². The number of rotatable bonds is 6. The first-order valence-corrected chi connectivity index (χ1v) is 12.7. The van der Waals surface area contributed by atoms with E-state index in [0.717, 1.165) is 52.8 Å². The van der Waals surface area contributed by atoms with Gasteiger partial charge in [-0.2, -0.15) is 0 Å². The van der Waals surface area contributed by atoms with E-state index in [-0.39, 0.29) is 11.8 Å². The number of benzene rings is 3. The molecule has 5 rings (SSSR count). The summed E-state index contributed by atoms with van der Waals surface area (Å²) in [7, 11) is 2.04. The van der Waals surface area contributed by atoms with Crippen molar-refractivity contribution in [3.63, 3.8) is 0 Å². The summed E-state index contributed by atoms with van der Waals surface area (Å²) in [5.41, 5.74) is 4.07. The molecule has 172 valence electrons. The molecule has 6 heteroatoms. The largest absolute Gasteiger partial charge is 0.338 e. The van der Waals surface area contributed by atoms with E-state index in [2.05, 4.69) is 51.2 Å². The Kier molecular flexibility index (Phi) is 6.77. The molecule has 3 aromatic carbocycles. The molecule has 0 saturated carbocycles. The van der Waals surface area contributed by atoms with Gasteiger partial charge in [-0.25, -0.2) is 0 Å². The predicted octanol–water partition coefficient (Wildman–Crippen LogP) is 5.79. The lowest BCUT2D eigenvalue weighted by Crippen LogP contribution is -2.40. The van der Waals surface area contributed by atoms with E-state index in [9.17, 15) is 4.79 Å². The zero-order valence-electron chi connectivity index (χ0n) is 19.3. The van der Waals surface area contributed by atoms with Crippen molar-refractivity contribution in [2.24, 2.45) is 7.05 Å². The van der Waals surface area contributed by atoms with Gasteiger partial charge in [-0.05, 0) is 35.6 Å². The summed E-state index contributed by atoms with van der Waals surface area (Å²) in [6.45, 7) is 1.43. The van der Waals surface area contributed by atoms with Crippen molar-refractivity contribution in [1.82, 2.24) is 19.7 Å². The number of hydrogen-bond acceptors (Lipinski definition) is 4. The summed E-state index contributed by atoms with van der Waals surface area (Å²) in [5, 5.41) is 9.91. The van der Waals surface area contributed by atoms with Crippen molar-refractivity contribution in [2.45, 2.75) is 29.7 Å². The highest BCUT2D eigenvalue weighted by Crippen LogP contribution is 2.31. The van der Waals surface area contributed by atoms with Gasteiger partial charge in [0.05, 0.1) is 0 Å². The zero-order chi connectivity index (χ0) is 23.3. The van der Waals surface area contributed by atoms with Gasteiger partial charge in [0.25, 0.3) is 5.91 Å². The predicted molar refractivity (Wildman–Crippen MR) is 137 cm³/mol. The molecule has 0 aliphatic carbocycles. The van der Waals surface area contributed by atoms with Crippen LogP contribution in [-0.2, 0) is 12.8 Å². The third kappa shape index (κ3) is 4.77. The summed E-state index contributed by atoms with van der Waals surface area (Å²) in [6.07, 6.45) is 1.97. The molecule has 34 heavy (non-hydrogen) atoms. The van der Waals surface area contributed by atoms with Crippen molar-refractivity contribution in [2.75, 3.05) is 13.1 Å². The second-order valence-electron chi connectivity index (χ2n) is 8.68. The number of thioether (sulfide) groups is 1. The van der Waals surface area contributed by atoms with Gasteiger partial charge >= 0.3 is 0 Å². The first kappa shape index (κ1) is 22.4. The molecule has 0 bridgehead atoms. The Balaban J connectivity index is 1.32. The highest BCUT2D eigenvalue weighted by Gasteiger charge is 2.30. The summed E-state index contributed by atoms with van der Waals surface area (Å²) in [6, 6.07) is 28.4. The van der Waals surface area contributed by atoms with Gasteiger partial charge in [0.15, 0.2) is 5.16 Å². The molecule has 0 radical (unpaired) electrons. The van der Waals surface area contributed by atoms with Gasteiger partial charge in [-0.1, -0.05) is 90.6 Å². The molecular weight excluding hydrogens is 440 g/mol. The average Bonchev–Trinajstić information content (AvgIpc) is 3.28. The fourth-order valence-electron chi connectivity index (χ4n) is 4.61. The van der Waals surface area contributed by atoms with Crippen molar-refractivity contribution >= 4 is 17.7 Å². The van der Waals surface area contributed by atoms with E-state index < -0.39 is 0 Å². The minimum atomic E-state index is 0.0880. The Morgan fingerprint density at radius 3 is 2.44 bits per heavy atom. The van der Waals surface area contributed by atoms with Gasteiger partial charge in [0.2, 0.25) is 0 Å². The number of carbonyl (C=O) groups is 1. The Morgan fingerprint density at radius 1 is 0.941 bits per heavy atom. The lowest BCUT2D eigenvalue weighted by molar-refractivity contribution is 0.0704. The number of carbonyl (C=O) groups excluding carboxylic acids is 1. The van der Waals surface area contributed by atoms with E-state index in [4.69, 9.17) is 0 Å². The fraction of sp³-hybridized carbons (Fsp3) is 0.250. The van der Waals surface area contributed by atoms with Crippen LogP contribution < -0.4 is 0 Å². The zero-order valence-corrected chi connectivity index (χ0v) is 20.1. The molecule has 5 nitrogen and oxygen atoms in total. The van der Waals surface area contributed by atoms with Crippen LogP contribution in [0.1, 0.15) is 40.5 Å². The first-order chi connectivity index (χ1) is 16.7. The maximum atomic E-state index is 13.6. The van der Waals surface area contributed by atoms with Crippen LogP contribution in [0, 0.1) is 0 Å². The first-order valence-electron chi connectivity index (χ1n) is 11.7.